The zero-order valence-corrected chi connectivity index (χ0v) is 15.9. The number of carbonyl (C=O) groups is 1. The molecule has 8 heteroatoms. The van der Waals surface area contributed by atoms with Gasteiger partial charge in [-0.15, -0.1) is 0 Å². The predicted molar refractivity (Wildman–Crippen MR) is 100 cm³/mol. The van der Waals surface area contributed by atoms with Crippen molar-refractivity contribution in [1.82, 2.24) is 14.9 Å². The molecule has 1 N–H and O–H groups in total. The van der Waals surface area contributed by atoms with E-state index in [1.165, 1.54) is 6.33 Å². The lowest BCUT2D eigenvalue weighted by atomic mass is 9.92. The molecule has 8 nitrogen and oxygen atoms in total. The number of rotatable bonds is 5. The summed E-state index contributed by atoms with van der Waals surface area (Å²) in [6.45, 7) is 2.17. The molecule has 1 aliphatic carbocycles. The first-order valence-electron chi connectivity index (χ1n) is 9.15. The van der Waals surface area contributed by atoms with Gasteiger partial charge in [0, 0.05) is 19.2 Å². The van der Waals surface area contributed by atoms with Gasteiger partial charge in [-0.2, -0.15) is 0 Å². The fraction of sp³-hybridized carbons (Fsp3) is 0.526. The first kappa shape index (κ1) is 19.0. The van der Waals surface area contributed by atoms with E-state index < -0.39 is 0 Å². The van der Waals surface area contributed by atoms with Crippen molar-refractivity contribution < 1.29 is 19.0 Å². The summed E-state index contributed by atoms with van der Waals surface area (Å²) in [4.78, 5) is 32.3. The number of hydrogen-bond acceptors (Lipinski definition) is 6. The number of hydrogen-bond donors (Lipinski definition) is 1. The van der Waals surface area contributed by atoms with E-state index >= 15 is 0 Å². The van der Waals surface area contributed by atoms with Crippen molar-refractivity contribution in [2.24, 2.45) is 0 Å². The molecule has 1 saturated carbocycles. The summed E-state index contributed by atoms with van der Waals surface area (Å²) >= 11 is 0. The van der Waals surface area contributed by atoms with Gasteiger partial charge in [0.2, 0.25) is 0 Å². The number of nitrogens with one attached hydrogen (secondary N) is 1. The van der Waals surface area contributed by atoms with E-state index in [9.17, 15) is 9.59 Å². The van der Waals surface area contributed by atoms with Gasteiger partial charge in [0.25, 0.3) is 5.56 Å². The van der Waals surface area contributed by atoms with Crippen LogP contribution in [0.25, 0.3) is 10.9 Å². The summed E-state index contributed by atoms with van der Waals surface area (Å²) in [6.07, 6.45) is 4.35. The van der Waals surface area contributed by atoms with Crippen molar-refractivity contribution in [3.63, 3.8) is 0 Å². The fourth-order valence-corrected chi connectivity index (χ4v) is 3.43. The van der Waals surface area contributed by atoms with Crippen molar-refractivity contribution in [2.45, 2.75) is 44.8 Å². The Morgan fingerprint density at radius 2 is 2.00 bits per heavy atom. The van der Waals surface area contributed by atoms with E-state index in [-0.39, 0.29) is 23.8 Å². The van der Waals surface area contributed by atoms with E-state index in [0.29, 0.717) is 29.0 Å². The molecule has 1 aliphatic rings. The van der Waals surface area contributed by atoms with E-state index in [2.05, 4.69) is 9.97 Å². The standard InChI is InChI=1S/C19H25N3O5/c1-4-26-19(24)22(2)12-5-7-13(8-6-12)27-17-9-14-15(10-16(17)25-3)20-11-21-18(14)23/h9-13H,4-8H2,1-3H3,(H,20,21,23). The Balaban J connectivity index is 1.69. The lowest BCUT2D eigenvalue weighted by Gasteiger charge is -2.34. The van der Waals surface area contributed by atoms with Crippen LogP contribution in [-0.4, -0.2) is 53.9 Å². The maximum atomic E-state index is 12.0. The Bertz CT molecular complexity index is 858. The molecule has 1 amide bonds. The van der Waals surface area contributed by atoms with Crippen molar-refractivity contribution >= 4 is 17.0 Å². The molecule has 1 fully saturated rings. The van der Waals surface area contributed by atoms with E-state index in [4.69, 9.17) is 14.2 Å². The van der Waals surface area contributed by atoms with Crippen molar-refractivity contribution in [3.8, 4) is 11.5 Å². The van der Waals surface area contributed by atoms with Crippen LogP contribution in [0.15, 0.2) is 23.3 Å². The third-order valence-corrected chi connectivity index (χ3v) is 4.97. The number of methoxy groups -OCH3 is 1. The van der Waals surface area contributed by atoms with Crippen LogP contribution in [-0.2, 0) is 4.74 Å². The second-order valence-corrected chi connectivity index (χ2v) is 6.61. The number of benzene rings is 1. The van der Waals surface area contributed by atoms with Gasteiger partial charge in [0.05, 0.1) is 37.1 Å². The van der Waals surface area contributed by atoms with Crippen molar-refractivity contribution in [2.75, 3.05) is 20.8 Å². The highest BCUT2D eigenvalue weighted by molar-refractivity contribution is 5.81. The fourth-order valence-electron chi connectivity index (χ4n) is 3.43. The molecule has 0 saturated heterocycles. The van der Waals surface area contributed by atoms with Crippen LogP contribution in [0, 0.1) is 0 Å². The maximum Gasteiger partial charge on any atom is 0.409 e. The molecule has 0 unspecified atom stereocenters. The SMILES string of the molecule is CCOC(=O)N(C)C1CCC(Oc2cc3c(=O)[nH]cnc3cc2OC)CC1. The number of nitrogens with zero attached hydrogens (tertiary/aromatic N) is 2. The van der Waals surface area contributed by atoms with Crippen LogP contribution in [0.1, 0.15) is 32.6 Å². The largest absolute Gasteiger partial charge is 0.493 e. The average Bonchev–Trinajstić information content (AvgIpc) is 2.68. The number of aromatic amines is 1. The Hall–Kier alpha value is -2.77. The second-order valence-electron chi connectivity index (χ2n) is 6.61. The molecule has 0 spiro atoms. The predicted octanol–water partition coefficient (Wildman–Crippen LogP) is 2.71. The molecule has 0 aliphatic heterocycles. The summed E-state index contributed by atoms with van der Waals surface area (Å²) in [6, 6.07) is 3.53. The van der Waals surface area contributed by atoms with Gasteiger partial charge in [-0.1, -0.05) is 0 Å². The minimum Gasteiger partial charge on any atom is -0.493 e. The smallest absolute Gasteiger partial charge is 0.409 e. The molecule has 1 heterocycles. The number of H-pyrrole nitrogens is 1. The summed E-state index contributed by atoms with van der Waals surface area (Å²) in [7, 11) is 3.34. The van der Waals surface area contributed by atoms with Gasteiger partial charge < -0.3 is 24.1 Å². The lowest BCUT2D eigenvalue weighted by Crippen LogP contribution is -2.41. The molecule has 1 aromatic carbocycles. The molecule has 0 radical (unpaired) electrons. The number of ether oxygens (including phenoxy) is 3. The summed E-state index contributed by atoms with van der Waals surface area (Å²) in [5.41, 5.74) is 0.343. The van der Waals surface area contributed by atoms with Crippen LogP contribution >= 0.6 is 0 Å². The Morgan fingerprint density at radius 1 is 1.26 bits per heavy atom. The molecule has 3 rings (SSSR count). The van der Waals surface area contributed by atoms with Crippen molar-refractivity contribution in [1.29, 1.82) is 0 Å². The van der Waals surface area contributed by atoms with Crippen LogP contribution in [0.4, 0.5) is 4.79 Å². The van der Waals surface area contributed by atoms with E-state index in [1.54, 1.807) is 38.1 Å². The Labute approximate surface area is 157 Å². The lowest BCUT2D eigenvalue weighted by molar-refractivity contribution is 0.0718. The number of carbonyl (C=O) groups excluding carboxylic acids is 1. The topological polar surface area (TPSA) is 93.8 Å². The summed E-state index contributed by atoms with van der Waals surface area (Å²) in [5.74, 6) is 1.08. The highest BCUT2D eigenvalue weighted by atomic mass is 16.6. The summed E-state index contributed by atoms with van der Waals surface area (Å²) < 4.78 is 16.6. The quantitative estimate of drug-likeness (QED) is 0.864. The van der Waals surface area contributed by atoms with E-state index in [0.717, 1.165) is 25.7 Å². The molecule has 146 valence electrons. The highest BCUT2D eigenvalue weighted by Gasteiger charge is 2.28. The molecular weight excluding hydrogens is 350 g/mol. The molecule has 27 heavy (non-hydrogen) atoms. The molecule has 0 atom stereocenters. The third kappa shape index (κ3) is 4.15. The maximum absolute atomic E-state index is 12.0. The molecule has 2 aromatic rings. The average molecular weight is 375 g/mol. The minimum atomic E-state index is -0.287. The zero-order chi connectivity index (χ0) is 19.4. The first-order valence-corrected chi connectivity index (χ1v) is 9.15. The minimum absolute atomic E-state index is 0.000974. The number of amides is 1. The van der Waals surface area contributed by atoms with Gasteiger partial charge in [-0.05, 0) is 38.7 Å². The van der Waals surface area contributed by atoms with Crippen molar-refractivity contribution in [3.05, 3.63) is 28.8 Å². The van der Waals surface area contributed by atoms with Gasteiger partial charge >= 0.3 is 6.09 Å². The van der Waals surface area contributed by atoms with E-state index in [1.807, 2.05) is 0 Å². The second kappa shape index (κ2) is 8.28. The monoisotopic (exact) mass is 375 g/mol. The third-order valence-electron chi connectivity index (χ3n) is 4.97. The van der Waals surface area contributed by atoms with Crippen LogP contribution in [0.2, 0.25) is 0 Å². The van der Waals surface area contributed by atoms with Crippen LogP contribution < -0.4 is 15.0 Å². The first-order chi connectivity index (χ1) is 13.0. The Morgan fingerprint density at radius 3 is 2.67 bits per heavy atom. The number of aromatic nitrogens is 2. The normalized spacial score (nSPS) is 19.5. The van der Waals surface area contributed by atoms with Gasteiger partial charge in [-0.3, -0.25) is 4.79 Å². The Kier molecular flexibility index (Phi) is 5.83. The highest BCUT2D eigenvalue weighted by Crippen LogP contribution is 2.34. The zero-order valence-electron chi connectivity index (χ0n) is 15.9. The molecule has 1 aromatic heterocycles. The van der Waals surface area contributed by atoms with Crippen LogP contribution in [0.3, 0.4) is 0 Å². The van der Waals surface area contributed by atoms with Gasteiger partial charge in [-0.25, -0.2) is 9.78 Å². The summed E-state index contributed by atoms with van der Waals surface area (Å²) in [5, 5.41) is 0.462. The number of fused-ring (bicyclic) bond motifs is 1. The van der Waals surface area contributed by atoms with Crippen LogP contribution in [0.5, 0.6) is 11.5 Å². The van der Waals surface area contributed by atoms with Gasteiger partial charge in [0.15, 0.2) is 11.5 Å². The molecular formula is C19H25N3O5. The molecule has 0 bridgehead atoms. The van der Waals surface area contributed by atoms with Gasteiger partial charge in [0.1, 0.15) is 0 Å².